The molecule has 2 aromatic heterocycles. The first kappa shape index (κ1) is 11.5. The summed E-state index contributed by atoms with van der Waals surface area (Å²) in [7, 11) is 2.09. The van der Waals surface area contributed by atoms with Gasteiger partial charge in [0.05, 0.1) is 17.1 Å². The smallest absolute Gasteiger partial charge is 0.120 e. The number of nitrogen functional groups attached to an aromatic ring is 1. The van der Waals surface area contributed by atoms with Crippen molar-refractivity contribution in [1.29, 1.82) is 0 Å². The topological polar surface area (TPSA) is 56.7 Å². The molecule has 1 aliphatic carbocycles. The Morgan fingerprint density at radius 1 is 1.15 bits per heavy atom. The molecular formula is C16H16N4. The quantitative estimate of drug-likeness (QED) is 0.724. The minimum absolute atomic E-state index is 0.0570. The van der Waals surface area contributed by atoms with Crippen molar-refractivity contribution in [3.63, 3.8) is 0 Å². The van der Waals surface area contributed by atoms with Gasteiger partial charge < -0.3 is 10.3 Å². The number of benzene rings is 1. The molecule has 0 saturated heterocycles. The van der Waals surface area contributed by atoms with Gasteiger partial charge in [-0.1, -0.05) is 12.1 Å². The third-order valence-corrected chi connectivity index (χ3v) is 4.32. The summed E-state index contributed by atoms with van der Waals surface area (Å²) < 4.78 is 2.19. The number of pyridine rings is 1. The van der Waals surface area contributed by atoms with Crippen LogP contribution in [0.1, 0.15) is 24.2 Å². The molecule has 3 aromatic rings. The number of aromatic nitrogens is 3. The molecule has 1 saturated carbocycles. The van der Waals surface area contributed by atoms with Gasteiger partial charge in [0, 0.05) is 18.9 Å². The van der Waals surface area contributed by atoms with Crippen LogP contribution >= 0.6 is 0 Å². The Labute approximate surface area is 117 Å². The normalized spacial score (nSPS) is 16.4. The molecule has 0 bridgehead atoms. The second kappa shape index (κ2) is 3.82. The summed E-state index contributed by atoms with van der Waals surface area (Å²) in [5.41, 5.74) is 10.1. The van der Waals surface area contributed by atoms with Gasteiger partial charge >= 0.3 is 0 Å². The molecule has 0 amide bonds. The minimum atomic E-state index is 0.0570. The Morgan fingerprint density at radius 3 is 2.55 bits per heavy atom. The second-order valence-corrected chi connectivity index (χ2v) is 5.56. The molecule has 2 N–H and O–H groups in total. The predicted molar refractivity (Wildman–Crippen MR) is 79.4 cm³/mol. The van der Waals surface area contributed by atoms with Crippen molar-refractivity contribution in [3.8, 4) is 0 Å². The van der Waals surface area contributed by atoms with Crippen LogP contribution < -0.4 is 5.73 Å². The summed E-state index contributed by atoms with van der Waals surface area (Å²) >= 11 is 0. The molecule has 0 spiro atoms. The zero-order chi connectivity index (χ0) is 13.7. The summed E-state index contributed by atoms with van der Waals surface area (Å²) in [5.74, 6) is 1.13. The van der Waals surface area contributed by atoms with E-state index in [2.05, 4.69) is 28.7 Å². The predicted octanol–water partition coefficient (Wildman–Crippen LogP) is 2.63. The number of anilines is 1. The lowest BCUT2D eigenvalue weighted by atomic mass is 9.95. The average molecular weight is 264 g/mol. The first-order chi connectivity index (χ1) is 9.71. The van der Waals surface area contributed by atoms with Gasteiger partial charge in [0.1, 0.15) is 11.3 Å². The van der Waals surface area contributed by atoms with E-state index in [0.29, 0.717) is 0 Å². The first-order valence-corrected chi connectivity index (χ1v) is 6.84. The van der Waals surface area contributed by atoms with Crippen molar-refractivity contribution in [1.82, 2.24) is 14.5 Å². The third-order valence-electron chi connectivity index (χ3n) is 4.32. The molecule has 0 atom stereocenters. The van der Waals surface area contributed by atoms with Gasteiger partial charge in [0.25, 0.3) is 0 Å². The van der Waals surface area contributed by atoms with Gasteiger partial charge in [0.2, 0.25) is 0 Å². The van der Waals surface area contributed by atoms with Gasteiger partial charge in [-0.05, 0) is 36.6 Å². The molecule has 0 unspecified atom stereocenters. The summed E-state index contributed by atoms with van der Waals surface area (Å²) in [4.78, 5) is 8.98. The highest BCUT2D eigenvalue weighted by Crippen LogP contribution is 2.53. The van der Waals surface area contributed by atoms with Crippen LogP contribution in [0.25, 0.3) is 11.0 Å². The number of fused-ring (bicyclic) bond motifs is 1. The van der Waals surface area contributed by atoms with E-state index in [0.717, 1.165) is 35.4 Å². The van der Waals surface area contributed by atoms with Crippen LogP contribution in [0.3, 0.4) is 0 Å². The fourth-order valence-corrected chi connectivity index (χ4v) is 3.05. The summed E-state index contributed by atoms with van der Waals surface area (Å²) in [5, 5.41) is 0. The molecule has 4 nitrogen and oxygen atoms in total. The van der Waals surface area contributed by atoms with Crippen LogP contribution in [0.15, 0.2) is 42.7 Å². The van der Waals surface area contributed by atoms with Gasteiger partial charge in [-0.3, -0.25) is 4.98 Å². The van der Waals surface area contributed by atoms with Crippen LogP contribution in [0.2, 0.25) is 0 Å². The number of hydrogen-bond donors (Lipinski definition) is 1. The maximum atomic E-state index is 5.79. The van der Waals surface area contributed by atoms with Crippen molar-refractivity contribution >= 4 is 16.7 Å². The van der Waals surface area contributed by atoms with Crippen LogP contribution in [0.5, 0.6) is 0 Å². The Kier molecular flexibility index (Phi) is 2.19. The van der Waals surface area contributed by atoms with Crippen molar-refractivity contribution in [2.24, 2.45) is 7.05 Å². The second-order valence-electron chi connectivity index (χ2n) is 5.56. The zero-order valence-electron chi connectivity index (χ0n) is 11.4. The van der Waals surface area contributed by atoms with E-state index in [1.54, 1.807) is 0 Å². The standard InChI is InChI=1S/C16H16N4/c1-20-14-6-9-18-10-13(14)19-15(20)16(7-8-16)11-2-4-12(17)5-3-11/h2-6,9-10H,7-8,17H2,1H3. The molecule has 2 heterocycles. The van der Waals surface area contributed by atoms with Gasteiger partial charge in [-0.2, -0.15) is 0 Å². The van der Waals surface area contributed by atoms with Gasteiger partial charge in [-0.25, -0.2) is 4.98 Å². The van der Waals surface area contributed by atoms with E-state index in [9.17, 15) is 0 Å². The SMILES string of the molecule is Cn1c(C2(c3ccc(N)cc3)CC2)nc2cnccc21. The third kappa shape index (κ3) is 1.48. The first-order valence-electron chi connectivity index (χ1n) is 6.84. The maximum absolute atomic E-state index is 5.79. The highest BCUT2D eigenvalue weighted by Gasteiger charge is 2.49. The molecule has 4 heteroatoms. The van der Waals surface area contributed by atoms with E-state index < -0.39 is 0 Å². The van der Waals surface area contributed by atoms with Crippen molar-refractivity contribution in [2.45, 2.75) is 18.3 Å². The number of nitrogens with zero attached hydrogens (tertiary/aromatic N) is 3. The van der Waals surface area contributed by atoms with E-state index in [4.69, 9.17) is 10.7 Å². The number of nitrogens with two attached hydrogens (primary N) is 1. The number of aryl methyl sites for hydroxylation is 1. The fourth-order valence-electron chi connectivity index (χ4n) is 3.05. The molecule has 0 aliphatic heterocycles. The lowest BCUT2D eigenvalue weighted by Gasteiger charge is -2.16. The number of imidazole rings is 1. The van der Waals surface area contributed by atoms with Crippen LogP contribution in [0.4, 0.5) is 5.69 Å². The molecule has 1 aliphatic rings. The Hall–Kier alpha value is -2.36. The summed E-state index contributed by atoms with van der Waals surface area (Å²) in [6, 6.07) is 10.2. The maximum Gasteiger partial charge on any atom is 0.120 e. The fraction of sp³-hybridized carbons (Fsp3) is 0.250. The summed E-state index contributed by atoms with van der Waals surface area (Å²) in [6.45, 7) is 0. The van der Waals surface area contributed by atoms with E-state index >= 15 is 0 Å². The molecular weight excluding hydrogens is 248 g/mol. The highest BCUT2D eigenvalue weighted by atomic mass is 15.1. The van der Waals surface area contributed by atoms with Crippen molar-refractivity contribution in [3.05, 3.63) is 54.1 Å². The average Bonchev–Trinajstić information content (AvgIpc) is 3.20. The highest BCUT2D eigenvalue weighted by molar-refractivity contribution is 5.75. The molecule has 0 radical (unpaired) electrons. The lowest BCUT2D eigenvalue weighted by molar-refractivity contribution is 0.705. The van der Waals surface area contributed by atoms with Crippen molar-refractivity contribution in [2.75, 3.05) is 5.73 Å². The van der Waals surface area contributed by atoms with E-state index in [1.807, 2.05) is 30.6 Å². The molecule has 20 heavy (non-hydrogen) atoms. The Bertz CT molecular complexity index is 782. The van der Waals surface area contributed by atoms with Gasteiger partial charge in [-0.15, -0.1) is 0 Å². The molecule has 100 valence electrons. The Balaban J connectivity index is 1.90. The number of rotatable bonds is 2. The Morgan fingerprint density at radius 2 is 1.90 bits per heavy atom. The van der Waals surface area contributed by atoms with Crippen LogP contribution in [0, 0.1) is 0 Å². The van der Waals surface area contributed by atoms with Crippen LogP contribution in [-0.2, 0) is 12.5 Å². The zero-order valence-corrected chi connectivity index (χ0v) is 11.4. The lowest BCUT2D eigenvalue weighted by Crippen LogP contribution is -2.14. The van der Waals surface area contributed by atoms with Crippen molar-refractivity contribution < 1.29 is 0 Å². The van der Waals surface area contributed by atoms with E-state index in [1.165, 1.54) is 5.56 Å². The van der Waals surface area contributed by atoms with Gasteiger partial charge in [0.15, 0.2) is 0 Å². The van der Waals surface area contributed by atoms with Crippen LogP contribution in [-0.4, -0.2) is 14.5 Å². The van der Waals surface area contributed by atoms with E-state index in [-0.39, 0.29) is 5.41 Å². The largest absolute Gasteiger partial charge is 0.399 e. The number of hydrogen-bond acceptors (Lipinski definition) is 3. The monoisotopic (exact) mass is 264 g/mol. The summed E-state index contributed by atoms with van der Waals surface area (Å²) in [6.07, 6.45) is 5.93. The minimum Gasteiger partial charge on any atom is -0.399 e. The molecule has 4 rings (SSSR count). The molecule has 1 aromatic carbocycles. The molecule has 1 fully saturated rings.